The molecule has 0 aromatic carbocycles. The molecule has 0 N–H and O–H groups in total. The minimum absolute atomic E-state index is 0.127. The van der Waals surface area contributed by atoms with Gasteiger partial charge in [0.1, 0.15) is 12.9 Å². The first-order valence-electron chi connectivity index (χ1n) is 3.30. The van der Waals surface area contributed by atoms with Gasteiger partial charge in [0.2, 0.25) is 0 Å². The second kappa shape index (κ2) is 6.96. The van der Waals surface area contributed by atoms with Crippen molar-refractivity contribution in [2.24, 2.45) is 0 Å². The molecule has 0 bridgehead atoms. The molecular formula is C9H12O2. The Balaban J connectivity index is 3.69. The summed E-state index contributed by atoms with van der Waals surface area (Å²) in [5.74, 6) is 0. The van der Waals surface area contributed by atoms with Crippen molar-refractivity contribution in [2.45, 2.75) is 0 Å². The molecule has 0 heterocycles. The van der Waals surface area contributed by atoms with Gasteiger partial charge in [-0.2, -0.15) is 0 Å². The molecule has 0 aliphatic carbocycles. The number of ether oxygens (including phenoxy) is 1. The fourth-order valence-corrected chi connectivity index (χ4v) is 0.551. The van der Waals surface area contributed by atoms with Gasteiger partial charge in [0.15, 0.2) is 0 Å². The molecule has 0 saturated carbocycles. The van der Waals surface area contributed by atoms with Crippen molar-refractivity contribution in [3.05, 3.63) is 37.0 Å². The van der Waals surface area contributed by atoms with Gasteiger partial charge in [-0.15, -0.1) is 0 Å². The SMILES string of the molecule is C=C/C=C(\C=C)COCC=O. The molecule has 0 spiro atoms. The van der Waals surface area contributed by atoms with Crippen LogP contribution in [0.5, 0.6) is 0 Å². The fraction of sp³-hybridized carbons (Fsp3) is 0.222. The van der Waals surface area contributed by atoms with Crippen molar-refractivity contribution in [1.82, 2.24) is 0 Å². The zero-order valence-electron chi connectivity index (χ0n) is 6.45. The number of hydrogen-bond donors (Lipinski definition) is 0. The molecule has 0 aromatic rings. The first-order chi connectivity index (χ1) is 5.35. The zero-order chi connectivity index (χ0) is 8.53. The molecule has 0 aliphatic rings. The molecule has 0 amide bonds. The Hall–Kier alpha value is -1.15. The van der Waals surface area contributed by atoms with Gasteiger partial charge in [0.25, 0.3) is 0 Å². The average molecular weight is 152 g/mol. The Bertz CT molecular complexity index is 168. The van der Waals surface area contributed by atoms with Crippen LogP contribution in [-0.2, 0) is 9.53 Å². The molecule has 0 aromatic heterocycles. The lowest BCUT2D eigenvalue weighted by molar-refractivity contribution is -0.111. The molecular weight excluding hydrogens is 140 g/mol. The quantitative estimate of drug-likeness (QED) is 0.327. The maximum atomic E-state index is 9.84. The Morgan fingerprint density at radius 2 is 2.18 bits per heavy atom. The number of carbonyl (C=O) groups is 1. The summed E-state index contributed by atoms with van der Waals surface area (Å²) in [6, 6.07) is 0. The van der Waals surface area contributed by atoms with E-state index in [-0.39, 0.29) is 6.61 Å². The van der Waals surface area contributed by atoms with E-state index in [1.807, 2.05) is 0 Å². The van der Waals surface area contributed by atoms with E-state index in [2.05, 4.69) is 13.2 Å². The van der Waals surface area contributed by atoms with Crippen molar-refractivity contribution in [2.75, 3.05) is 13.2 Å². The monoisotopic (exact) mass is 152 g/mol. The van der Waals surface area contributed by atoms with Crippen LogP contribution < -0.4 is 0 Å². The normalized spacial score (nSPS) is 10.7. The molecule has 0 rings (SSSR count). The summed E-state index contributed by atoms with van der Waals surface area (Å²) in [7, 11) is 0. The zero-order valence-corrected chi connectivity index (χ0v) is 6.45. The van der Waals surface area contributed by atoms with E-state index < -0.39 is 0 Å². The maximum Gasteiger partial charge on any atom is 0.145 e. The molecule has 11 heavy (non-hydrogen) atoms. The Morgan fingerprint density at radius 3 is 2.64 bits per heavy atom. The largest absolute Gasteiger partial charge is 0.369 e. The molecule has 0 radical (unpaired) electrons. The van der Waals surface area contributed by atoms with Crippen LogP contribution in [0.3, 0.4) is 0 Å². The summed E-state index contributed by atoms with van der Waals surface area (Å²) in [6.45, 7) is 7.64. The van der Waals surface area contributed by atoms with Crippen molar-refractivity contribution < 1.29 is 9.53 Å². The highest BCUT2D eigenvalue weighted by molar-refractivity contribution is 5.50. The third-order valence-electron chi connectivity index (χ3n) is 1.05. The van der Waals surface area contributed by atoms with Crippen molar-refractivity contribution in [1.29, 1.82) is 0 Å². The third-order valence-corrected chi connectivity index (χ3v) is 1.05. The average Bonchev–Trinajstić information content (AvgIpc) is 2.03. The summed E-state index contributed by atoms with van der Waals surface area (Å²) < 4.78 is 4.93. The Labute approximate surface area is 66.9 Å². The molecule has 0 fully saturated rings. The van der Waals surface area contributed by atoms with E-state index in [9.17, 15) is 4.79 Å². The molecule has 2 nitrogen and oxygen atoms in total. The molecule has 0 unspecified atom stereocenters. The lowest BCUT2D eigenvalue weighted by Gasteiger charge is -1.98. The number of carbonyl (C=O) groups excluding carboxylic acids is 1. The first-order valence-corrected chi connectivity index (χ1v) is 3.30. The summed E-state index contributed by atoms with van der Waals surface area (Å²) in [6.07, 6.45) is 5.83. The van der Waals surface area contributed by atoms with Gasteiger partial charge < -0.3 is 9.53 Å². The van der Waals surface area contributed by atoms with Crippen LogP contribution in [0, 0.1) is 0 Å². The van der Waals surface area contributed by atoms with Crippen LogP contribution in [0.2, 0.25) is 0 Å². The summed E-state index contributed by atoms with van der Waals surface area (Å²) in [5, 5.41) is 0. The van der Waals surface area contributed by atoms with Gasteiger partial charge in [0.05, 0.1) is 6.61 Å². The van der Waals surface area contributed by atoms with Crippen LogP contribution in [0.15, 0.2) is 37.0 Å². The summed E-state index contributed by atoms with van der Waals surface area (Å²) >= 11 is 0. The fourth-order valence-electron chi connectivity index (χ4n) is 0.551. The van der Waals surface area contributed by atoms with E-state index in [0.29, 0.717) is 12.9 Å². The van der Waals surface area contributed by atoms with Crippen LogP contribution >= 0.6 is 0 Å². The van der Waals surface area contributed by atoms with Crippen LogP contribution in [0.4, 0.5) is 0 Å². The van der Waals surface area contributed by atoms with Gasteiger partial charge in [-0.25, -0.2) is 0 Å². The van der Waals surface area contributed by atoms with E-state index in [0.717, 1.165) is 5.57 Å². The number of rotatable bonds is 6. The van der Waals surface area contributed by atoms with Gasteiger partial charge in [0, 0.05) is 0 Å². The number of aldehydes is 1. The molecule has 0 atom stereocenters. The van der Waals surface area contributed by atoms with E-state index in [4.69, 9.17) is 4.74 Å². The Morgan fingerprint density at radius 1 is 1.45 bits per heavy atom. The minimum atomic E-state index is 0.127. The number of hydrogen-bond acceptors (Lipinski definition) is 2. The molecule has 2 heteroatoms. The van der Waals surface area contributed by atoms with Gasteiger partial charge in [-0.1, -0.05) is 31.4 Å². The van der Waals surface area contributed by atoms with Crippen molar-refractivity contribution in [3.8, 4) is 0 Å². The smallest absolute Gasteiger partial charge is 0.145 e. The highest BCUT2D eigenvalue weighted by atomic mass is 16.5. The van der Waals surface area contributed by atoms with Crippen molar-refractivity contribution >= 4 is 6.29 Å². The van der Waals surface area contributed by atoms with Crippen LogP contribution in [0.1, 0.15) is 0 Å². The summed E-state index contributed by atoms with van der Waals surface area (Å²) in [4.78, 5) is 9.84. The first kappa shape index (κ1) is 9.85. The minimum Gasteiger partial charge on any atom is -0.369 e. The van der Waals surface area contributed by atoms with Gasteiger partial charge >= 0.3 is 0 Å². The lowest BCUT2D eigenvalue weighted by atomic mass is 10.2. The second-order valence-corrected chi connectivity index (χ2v) is 1.86. The predicted molar refractivity (Wildman–Crippen MR) is 45.4 cm³/mol. The van der Waals surface area contributed by atoms with Crippen molar-refractivity contribution in [3.63, 3.8) is 0 Å². The highest BCUT2D eigenvalue weighted by Crippen LogP contribution is 1.95. The molecule has 0 aliphatic heterocycles. The Kier molecular flexibility index (Phi) is 6.24. The van der Waals surface area contributed by atoms with E-state index >= 15 is 0 Å². The highest BCUT2D eigenvalue weighted by Gasteiger charge is 1.88. The maximum absolute atomic E-state index is 9.84. The van der Waals surface area contributed by atoms with Crippen LogP contribution in [-0.4, -0.2) is 19.5 Å². The topological polar surface area (TPSA) is 26.3 Å². The van der Waals surface area contributed by atoms with Crippen LogP contribution in [0.25, 0.3) is 0 Å². The number of allylic oxidation sites excluding steroid dienone is 2. The van der Waals surface area contributed by atoms with Gasteiger partial charge in [-0.05, 0) is 5.57 Å². The third kappa shape index (κ3) is 5.30. The standard InChI is InChI=1S/C9H12O2/c1-3-5-9(4-2)8-11-7-6-10/h3-6H,1-2,7-8H2/b9-5+. The van der Waals surface area contributed by atoms with E-state index in [1.165, 1.54) is 0 Å². The molecule has 60 valence electrons. The summed E-state index contributed by atoms with van der Waals surface area (Å²) in [5.41, 5.74) is 0.918. The van der Waals surface area contributed by atoms with E-state index in [1.54, 1.807) is 18.2 Å². The molecule has 0 saturated heterocycles. The second-order valence-electron chi connectivity index (χ2n) is 1.86. The lowest BCUT2D eigenvalue weighted by Crippen LogP contribution is -1.98. The van der Waals surface area contributed by atoms with Gasteiger partial charge in [-0.3, -0.25) is 0 Å². The predicted octanol–water partition coefficient (Wildman–Crippen LogP) is 1.50.